The summed E-state index contributed by atoms with van der Waals surface area (Å²) < 4.78 is 32.6. The Balaban J connectivity index is 0.991. The number of fused-ring (bicyclic) bond motifs is 2. The third-order valence-electron chi connectivity index (χ3n) is 11.1. The Kier molecular flexibility index (Phi) is 12.3. The van der Waals surface area contributed by atoms with E-state index in [-0.39, 0.29) is 31.1 Å². The molecule has 5 aromatic carbocycles. The average Bonchev–Trinajstić information content (AvgIpc) is 3.26. The van der Waals surface area contributed by atoms with Crippen LogP contribution in [0.5, 0.6) is 17.2 Å². The summed E-state index contributed by atoms with van der Waals surface area (Å²) in [6.07, 6.45) is 2.18. The molecule has 2 aliphatic rings. The van der Waals surface area contributed by atoms with Crippen LogP contribution in [-0.2, 0) is 35.6 Å². The number of nitrogens with zero attached hydrogens (tertiary/aromatic N) is 2. The molecular weight excluding hydrogens is 804 g/mol. The first-order valence-electron chi connectivity index (χ1n) is 19.8. The molecule has 0 fully saturated rings. The number of hydrogen-bond donors (Lipinski definition) is 2. The molecule has 0 radical (unpaired) electrons. The molecular formula is C48H42Cl2FN3O6. The first-order valence-corrected chi connectivity index (χ1v) is 20.5. The minimum atomic E-state index is -1.18. The maximum atomic E-state index is 14.4. The van der Waals surface area contributed by atoms with Gasteiger partial charge in [-0.1, -0.05) is 103 Å². The summed E-state index contributed by atoms with van der Waals surface area (Å²) in [7, 11) is 0. The number of carboxylic acid groups (broad SMARTS) is 1. The molecule has 1 unspecified atom stereocenters. The van der Waals surface area contributed by atoms with E-state index in [9.17, 15) is 19.1 Å². The van der Waals surface area contributed by atoms with Crippen LogP contribution in [0.3, 0.4) is 0 Å². The SMILES string of the molecule is CC[C@@H](c1ccccc1)N1Cc2cc3c(cc2C[C@H]1C(=O)NC(Cc1ccc(-c2ccnc(F)c2)cc1)C(=O)O)OC[C@H](c1ccc(OCc2ccc(Cl)c(Cl)c2)cc1)O3. The summed E-state index contributed by atoms with van der Waals surface area (Å²) >= 11 is 12.2. The van der Waals surface area contributed by atoms with Crippen LogP contribution in [-0.4, -0.2) is 45.6 Å². The average molecular weight is 847 g/mol. The van der Waals surface area contributed by atoms with Gasteiger partial charge in [-0.15, -0.1) is 0 Å². The summed E-state index contributed by atoms with van der Waals surface area (Å²) in [6.45, 7) is 3.15. The van der Waals surface area contributed by atoms with Crippen LogP contribution in [0.15, 0.2) is 128 Å². The minimum Gasteiger partial charge on any atom is -0.489 e. The molecule has 0 spiro atoms. The van der Waals surface area contributed by atoms with Crippen molar-refractivity contribution >= 4 is 35.1 Å². The number of amides is 1. The van der Waals surface area contributed by atoms with Crippen LogP contribution in [0.25, 0.3) is 11.1 Å². The molecule has 8 rings (SSSR count). The van der Waals surface area contributed by atoms with Gasteiger partial charge < -0.3 is 24.6 Å². The lowest BCUT2D eigenvalue weighted by Gasteiger charge is -2.42. The zero-order chi connectivity index (χ0) is 41.8. The Morgan fingerprint density at radius 3 is 2.35 bits per heavy atom. The van der Waals surface area contributed by atoms with Crippen molar-refractivity contribution in [3.63, 3.8) is 0 Å². The molecule has 4 atom stereocenters. The molecule has 0 aliphatic carbocycles. The summed E-state index contributed by atoms with van der Waals surface area (Å²) in [5.74, 6) is -0.184. The topological polar surface area (TPSA) is 110 Å². The smallest absolute Gasteiger partial charge is 0.326 e. The lowest BCUT2D eigenvalue weighted by molar-refractivity contribution is -0.143. The first-order chi connectivity index (χ1) is 29.1. The van der Waals surface area contributed by atoms with Crippen molar-refractivity contribution in [2.24, 2.45) is 0 Å². The van der Waals surface area contributed by atoms with E-state index in [0.29, 0.717) is 58.0 Å². The first kappa shape index (κ1) is 40.8. The number of benzene rings is 5. The minimum absolute atomic E-state index is 0.0690. The summed E-state index contributed by atoms with van der Waals surface area (Å²) in [5.41, 5.74) is 6.99. The molecule has 0 saturated carbocycles. The number of rotatable bonds is 13. The number of carbonyl (C=O) groups excluding carboxylic acids is 1. The number of carboxylic acids is 1. The van der Waals surface area contributed by atoms with Crippen molar-refractivity contribution in [2.45, 2.75) is 63.6 Å². The molecule has 1 aromatic heterocycles. The maximum absolute atomic E-state index is 14.4. The number of ether oxygens (including phenoxy) is 3. The highest BCUT2D eigenvalue weighted by Crippen LogP contribution is 2.42. The molecule has 6 aromatic rings. The molecule has 1 amide bonds. The van der Waals surface area contributed by atoms with Crippen LogP contribution in [0.2, 0.25) is 10.0 Å². The van der Waals surface area contributed by atoms with Gasteiger partial charge >= 0.3 is 5.97 Å². The molecule has 0 bridgehead atoms. The second-order valence-electron chi connectivity index (χ2n) is 15.0. The van der Waals surface area contributed by atoms with Gasteiger partial charge in [-0.2, -0.15) is 4.39 Å². The third-order valence-corrected chi connectivity index (χ3v) is 11.8. The summed E-state index contributed by atoms with van der Waals surface area (Å²) in [6, 6.07) is 35.4. The largest absolute Gasteiger partial charge is 0.489 e. The van der Waals surface area contributed by atoms with E-state index in [1.165, 1.54) is 12.3 Å². The highest BCUT2D eigenvalue weighted by molar-refractivity contribution is 6.42. The number of hydrogen-bond acceptors (Lipinski definition) is 7. The van der Waals surface area contributed by atoms with Crippen molar-refractivity contribution in [1.82, 2.24) is 15.2 Å². The second kappa shape index (κ2) is 18.1. The second-order valence-corrected chi connectivity index (χ2v) is 15.8. The Hall–Kier alpha value is -5.94. The molecule has 0 saturated heterocycles. The summed E-state index contributed by atoms with van der Waals surface area (Å²) in [4.78, 5) is 32.8. The quantitative estimate of drug-likeness (QED) is 0.111. The molecule has 12 heteroatoms. The van der Waals surface area contributed by atoms with Gasteiger partial charge in [0.2, 0.25) is 11.9 Å². The van der Waals surface area contributed by atoms with Gasteiger partial charge in [0.05, 0.1) is 16.1 Å². The number of carbonyl (C=O) groups is 2. The zero-order valence-corrected chi connectivity index (χ0v) is 34.2. The highest BCUT2D eigenvalue weighted by Gasteiger charge is 2.39. The number of pyridine rings is 1. The Morgan fingerprint density at radius 1 is 0.883 bits per heavy atom. The van der Waals surface area contributed by atoms with E-state index in [2.05, 4.69) is 34.3 Å². The Labute approximate surface area is 357 Å². The van der Waals surface area contributed by atoms with Gasteiger partial charge in [0.15, 0.2) is 17.6 Å². The van der Waals surface area contributed by atoms with Crippen LogP contribution in [0.1, 0.15) is 58.9 Å². The Morgan fingerprint density at radius 2 is 1.63 bits per heavy atom. The van der Waals surface area contributed by atoms with E-state index >= 15 is 0 Å². The fourth-order valence-electron chi connectivity index (χ4n) is 7.94. The molecule has 9 nitrogen and oxygen atoms in total. The number of nitrogens with one attached hydrogen (secondary N) is 1. The fourth-order valence-corrected chi connectivity index (χ4v) is 8.26. The molecule has 2 aliphatic heterocycles. The molecule has 60 heavy (non-hydrogen) atoms. The lowest BCUT2D eigenvalue weighted by Crippen LogP contribution is -2.55. The van der Waals surface area contributed by atoms with Crippen LogP contribution < -0.4 is 19.5 Å². The van der Waals surface area contributed by atoms with Gasteiger partial charge in [0, 0.05) is 31.3 Å². The van der Waals surface area contributed by atoms with E-state index in [0.717, 1.165) is 39.8 Å². The van der Waals surface area contributed by atoms with Crippen LogP contribution in [0, 0.1) is 5.95 Å². The van der Waals surface area contributed by atoms with Crippen molar-refractivity contribution in [1.29, 1.82) is 0 Å². The summed E-state index contributed by atoms with van der Waals surface area (Å²) in [5, 5.41) is 14.2. The van der Waals surface area contributed by atoms with Gasteiger partial charge in [0.1, 0.15) is 25.0 Å². The highest BCUT2D eigenvalue weighted by atomic mass is 35.5. The van der Waals surface area contributed by atoms with Crippen LogP contribution >= 0.6 is 23.2 Å². The molecule has 306 valence electrons. The van der Waals surface area contributed by atoms with Crippen molar-refractivity contribution in [2.75, 3.05) is 6.61 Å². The standard InChI is InChI=1S/C48H42Cl2FN3O6/c1-2-41(32-6-4-3-5-7-32)54-26-36-24-44-43(59-28-45(60-44)33-13-15-37(16-14-33)58-27-30-10-17-38(49)39(50)20-30)23-35(36)22-42(54)47(55)53-40(48(56)57)21-29-8-11-31(12-9-29)34-18-19-52-46(51)25-34/h3-20,23-25,40-42,45H,2,21-22,26-28H2,1H3,(H,53,55)(H,56,57)/t40?,41-,42-,45+/m0/s1. The third kappa shape index (κ3) is 9.26. The van der Waals surface area contributed by atoms with Crippen LogP contribution in [0.4, 0.5) is 4.39 Å². The van der Waals surface area contributed by atoms with E-state index in [1.54, 1.807) is 42.5 Å². The normalized spacial score (nSPS) is 16.9. The lowest BCUT2D eigenvalue weighted by atomic mass is 9.89. The predicted molar refractivity (Wildman–Crippen MR) is 228 cm³/mol. The van der Waals surface area contributed by atoms with E-state index in [1.807, 2.05) is 60.7 Å². The zero-order valence-electron chi connectivity index (χ0n) is 32.7. The van der Waals surface area contributed by atoms with Gasteiger partial charge in [0.25, 0.3) is 0 Å². The fraction of sp³-hybridized carbons (Fsp3) is 0.229. The van der Waals surface area contributed by atoms with Gasteiger partial charge in [-0.25, -0.2) is 9.78 Å². The van der Waals surface area contributed by atoms with E-state index in [4.69, 9.17) is 37.4 Å². The molecule has 2 N–H and O–H groups in total. The van der Waals surface area contributed by atoms with Gasteiger partial charge in [-0.05, 0) is 99.8 Å². The number of aliphatic carboxylic acids is 1. The number of aromatic nitrogens is 1. The Bertz CT molecular complexity index is 2490. The predicted octanol–water partition coefficient (Wildman–Crippen LogP) is 9.98. The number of halogens is 3. The monoisotopic (exact) mass is 845 g/mol. The van der Waals surface area contributed by atoms with Gasteiger partial charge in [-0.3, -0.25) is 9.69 Å². The molecule has 3 heterocycles. The maximum Gasteiger partial charge on any atom is 0.326 e. The van der Waals surface area contributed by atoms with E-state index < -0.39 is 24.0 Å². The van der Waals surface area contributed by atoms with Crippen molar-refractivity contribution in [3.05, 3.63) is 177 Å². The van der Waals surface area contributed by atoms with Crippen molar-refractivity contribution < 1.29 is 33.3 Å². The van der Waals surface area contributed by atoms with Crippen molar-refractivity contribution in [3.8, 4) is 28.4 Å².